The van der Waals surface area contributed by atoms with E-state index in [2.05, 4.69) is 10.2 Å². The number of nitrogens with zero attached hydrogens (tertiary/aromatic N) is 2. The molecule has 0 saturated heterocycles. The van der Waals surface area contributed by atoms with E-state index < -0.39 is 0 Å². The number of hydrogen-bond donors (Lipinski definition) is 1. The van der Waals surface area contributed by atoms with Gasteiger partial charge in [-0.1, -0.05) is 18.2 Å². The van der Waals surface area contributed by atoms with Gasteiger partial charge in [-0.25, -0.2) is 0 Å². The fraction of sp³-hybridized carbons (Fsp3) is 0.250. The summed E-state index contributed by atoms with van der Waals surface area (Å²) in [5.41, 5.74) is 9.40. The van der Waals surface area contributed by atoms with Crippen LogP contribution in [0.2, 0.25) is 0 Å². The van der Waals surface area contributed by atoms with Crippen molar-refractivity contribution in [2.75, 3.05) is 5.73 Å². The molecule has 0 saturated carbocycles. The van der Waals surface area contributed by atoms with Crippen LogP contribution in [0.3, 0.4) is 0 Å². The van der Waals surface area contributed by atoms with E-state index in [0.717, 1.165) is 29.0 Å². The lowest BCUT2D eigenvalue weighted by Gasteiger charge is -2.10. The van der Waals surface area contributed by atoms with Crippen LogP contribution >= 0.6 is 11.3 Å². The Kier molecular flexibility index (Phi) is 3.00. The first-order chi connectivity index (χ1) is 10.3. The minimum atomic E-state index is 0.542. The molecule has 106 valence electrons. The van der Waals surface area contributed by atoms with Gasteiger partial charge in [0.05, 0.1) is 10.6 Å². The van der Waals surface area contributed by atoms with Crippen molar-refractivity contribution >= 4 is 16.3 Å². The van der Waals surface area contributed by atoms with Crippen molar-refractivity contribution in [2.24, 2.45) is 0 Å². The van der Waals surface area contributed by atoms with Gasteiger partial charge in [-0.3, -0.25) is 0 Å². The largest absolute Gasteiger partial charge is 0.416 e. The molecule has 1 aliphatic rings. The van der Waals surface area contributed by atoms with Crippen molar-refractivity contribution in [3.05, 3.63) is 40.8 Å². The van der Waals surface area contributed by atoms with Crippen LogP contribution in [0.15, 0.2) is 34.7 Å². The van der Waals surface area contributed by atoms with Crippen LogP contribution in [0.5, 0.6) is 0 Å². The summed E-state index contributed by atoms with van der Waals surface area (Å²) in [6.45, 7) is 0. The van der Waals surface area contributed by atoms with Crippen LogP contribution in [0.1, 0.15) is 23.3 Å². The van der Waals surface area contributed by atoms with Crippen LogP contribution in [0.25, 0.3) is 22.9 Å². The molecule has 0 amide bonds. The molecule has 4 rings (SSSR count). The van der Waals surface area contributed by atoms with Crippen LogP contribution in [0, 0.1) is 0 Å². The molecule has 1 aromatic carbocycles. The molecule has 5 heteroatoms. The van der Waals surface area contributed by atoms with Gasteiger partial charge in [-0.15, -0.1) is 21.5 Å². The quantitative estimate of drug-likeness (QED) is 0.778. The number of hydrogen-bond acceptors (Lipinski definition) is 5. The predicted molar refractivity (Wildman–Crippen MR) is 84.1 cm³/mol. The van der Waals surface area contributed by atoms with Gasteiger partial charge in [0.15, 0.2) is 0 Å². The van der Waals surface area contributed by atoms with E-state index in [1.54, 1.807) is 11.3 Å². The Hall–Kier alpha value is -2.14. The summed E-state index contributed by atoms with van der Waals surface area (Å²) in [6, 6.07) is 9.81. The molecule has 2 heterocycles. The highest BCUT2D eigenvalue weighted by Gasteiger charge is 2.24. The number of aromatic nitrogens is 2. The third-order valence-corrected chi connectivity index (χ3v) is 4.98. The molecule has 2 aromatic heterocycles. The lowest BCUT2D eigenvalue weighted by atomic mass is 9.95. The van der Waals surface area contributed by atoms with Gasteiger partial charge >= 0.3 is 0 Å². The second-order valence-corrected chi connectivity index (χ2v) is 6.37. The average molecular weight is 297 g/mol. The Balaban J connectivity index is 1.78. The molecule has 0 unspecified atom stereocenters. The molecular formula is C16H15N3OS. The zero-order chi connectivity index (χ0) is 14.2. The Bertz CT molecular complexity index is 776. The highest BCUT2D eigenvalue weighted by atomic mass is 32.1. The molecule has 0 bridgehead atoms. The molecule has 0 fully saturated rings. The van der Waals surface area contributed by atoms with Crippen molar-refractivity contribution < 1.29 is 4.42 Å². The third kappa shape index (κ3) is 2.14. The normalized spacial score (nSPS) is 14.1. The van der Waals surface area contributed by atoms with E-state index in [4.69, 9.17) is 10.2 Å². The fourth-order valence-corrected chi connectivity index (χ4v) is 4.00. The summed E-state index contributed by atoms with van der Waals surface area (Å²) < 4.78 is 5.87. The predicted octanol–water partition coefficient (Wildman–Crippen LogP) is 3.93. The summed E-state index contributed by atoms with van der Waals surface area (Å²) in [7, 11) is 0. The number of aryl methyl sites for hydroxylation is 1. The van der Waals surface area contributed by atoms with E-state index in [-0.39, 0.29) is 0 Å². The maximum atomic E-state index is 6.19. The molecule has 0 atom stereocenters. The number of nitrogens with two attached hydrogens (primary N) is 1. The van der Waals surface area contributed by atoms with Crippen molar-refractivity contribution in [1.29, 1.82) is 0 Å². The van der Waals surface area contributed by atoms with Crippen LogP contribution in [-0.2, 0) is 12.8 Å². The topological polar surface area (TPSA) is 64.9 Å². The highest BCUT2D eigenvalue weighted by Crippen LogP contribution is 2.42. The van der Waals surface area contributed by atoms with E-state index in [1.165, 1.54) is 23.3 Å². The minimum absolute atomic E-state index is 0.542. The van der Waals surface area contributed by atoms with E-state index >= 15 is 0 Å². The minimum Gasteiger partial charge on any atom is -0.416 e. The van der Waals surface area contributed by atoms with Gasteiger partial charge in [0, 0.05) is 10.4 Å². The smallest absolute Gasteiger partial charge is 0.251 e. The maximum Gasteiger partial charge on any atom is 0.251 e. The van der Waals surface area contributed by atoms with Gasteiger partial charge in [-0.05, 0) is 43.4 Å². The Morgan fingerprint density at radius 2 is 1.76 bits per heavy atom. The Labute approximate surface area is 126 Å². The molecule has 1 aliphatic carbocycles. The van der Waals surface area contributed by atoms with Crippen LogP contribution < -0.4 is 5.73 Å². The molecular weight excluding hydrogens is 282 g/mol. The molecule has 0 spiro atoms. The second kappa shape index (κ2) is 5.00. The molecule has 3 aromatic rings. The first-order valence-electron chi connectivity index (χ1n) is 7.12. The summed E-state index contributed by atoms with van der Waals surface area (Å²) >= 11 is 1.67. The SMILES string of the molecule is Nc1sc2c(c1-c1nnc(-c3ccccc3)o1)CCCC2. The van der Waals surface area contributed by atoms with E-state index in [0.29, 0.717) is 11.8 Å². The molecule has 21 heavy (non-hydrogen) atoms. The number of thiophene rings is 1. The first kappa shape index (κ1) is 12.6. The first-order valence-corrected chi connectivity index (χ1v) is 7.94. The summed E-state index contributed by atoms with van der Waals surface area (Å²) in [4.78, 5) is 1.38. The average Bonchev–Trinajstić information content (AvgIpc) is 3.11. The van der Waals surface area contributed by atoms with Crippen molar-refractivity contribution in [1.82, 2.24) is 10.2 Å². The second-order valence-electron chi connectivity index (χ2n) is 5.23. The lowest BCUT2D eigenvalue weighted by Crippen LogP contribution is -1.99. The van der Waals surface area contributed by atoms with Crippen molar-refractivity contribution in [3.63, 3.8) is 0 Å². The van der Waals surface area contributed by atoms with Gasteiger partial charge in [0.2, 0.25) is 5.89 Å². The van der Waals surface area contributed by atoms with Gasteiger partial charge in [0.25, 0.3) is 5.89 Å². The standard InChI is InChI=1S/C16H15N3OS/c17-14-13(11-8-4-5-9-12(11)21-14)16-19-18-15(20-16)10-6-2-1-3-7-10/h1-3,6-7H,4-5,8-9,17H2. The van der Waals surface area contributed by atoms with Crippen LogP contribution in [0.4, 0.5) is 5.00 Å². The number of benzene rings is 1. The van der Waals surface area contributed by atoms with Crippen LogP contribution in [-0.4, -0.2) is 10.2 Å². The maximum absolute atomic E-state index is 6.19. The molecule has 2 N–H and O–H groups in total. The zero-order valence-electron chi connectivity index (χ0n) is 11.5. The lowest BCUT2D eigenvalue weighted by molar-refractivity contribution is 0.583. The van der Waals surface area contributed by atoms with E-state index in [1.807, 2.05) is 30.3 Å². The van der Waals surface area contributed by atoms with Gasteiger partial charge in [0.1, 0.15) is 0 Å². The summed E-state index contributed by atoms with van der Waals surface area (Å²) in [5.74, 6) is 1.09. The number of fused-ring (bicyclic) bond motifs is 1. The molecule has 4 nitrogen and oxygen atoms in total. The molecule has 0 radical (unpaired) electrons. The zero-order valence-corrected chi connectivity index (χ0v) is 12.3. The van der Waals surface area contributed by atoms with Gasteiger partial charge in [-0.2, -0.15) is 0 Å². The van der Waals surface area contributed by atoms with Crippen molar-refractivity contribution in [3.8, 4) is 22.9 Å². The molecule has 0 aliphatic heterocycles. The summed E-state index contributed by atoms with van der Waals surface area (Å²) in [6.07, 6.45) is 4.62. The van der Waals surface area contributed by atoms with E-state index in [9.17, 15) is 0 Å². The fourth-order valence-electron chi connectivity index (χ4n) is 2.84. The van der Waals surface area contributed by atoms with Gasteiger partial charge < -0.3 is 10.2 Å². The highest BCUT2D eigenvalue weighted by molar-refractivity contribution is 7.16. The monoisotopic (exact) mass is 297 g/mol. The Morgan fingerprint density at radius 3 is 2.62 bits per heavy atom. The number of rotatable bonds is 2. The number of anilines is 1. The summed E-state index contributed by atoms with van der Waals surface area (Å²) in [5, 5.41) is 9.18. The third-order valence-electron chi connectivity index (χ3n) is 3.86. The Morgan fingerprint density at radius 1 is 1.00 bits per heavy atom. The number of nitrogen functional groups attached to an aromatic ring is 1. The van der Waals surface area contributed by atoms with Crippen molar-refractivity contribution in [2.45, 2.75) is 25.7 Å².